The predicted molar refractivity (Wildman–Crippen MR) is 119 cm³/mol. The van der Waals surface area contributed by atoms with Crippen LogP contribution in [0.1, 0.15) is 33.8 Å². The third kappa shape index (κ3) is 4.37. The molecule has 160 valence electrons. The smallest absolute Gasteiger partial charge is 0.265 e. The van der Waals surface area contributed by atoms with Crippen molar-refractivity contribution in [2.45, 2.75) is 26.2 Å². The first-order valence-electron chi connectivity index (χ1n) is 10.2. The van der Waals surface area contributed by atoms with E-state index >= 15 is 0 Å². The molecule has 1 aromatic heterocycles. The Balaban J connectivity index is 1.60. The number of hydrogen-bond acceptors (Lipinski definition) is 4. The molecule has 1 fully saturated rings. The van der Waals surface area contributed by atoms with Crippen molar-refractivity contribution in [3.05, 3.63) is 76.0 Å². The van der Waals surface area contributed by atoms with Crippen LogP contribution in [0.15, 0.2) is 54.0 Å². The van der Waals surface area contributed by atoms with Gasteiger partial charge in [-0.2, -0.15) is 0 Å². The zero-order chi connectivity index (χ0) is 22.0. The maximum Gasteiger partial charge on any atom is 0.265 e. The fraction of sp³-hybridized carbons (Fsp3) is 0.292. The molecule has 0 unspecified atom stereocenters. The minimum absolute atomic E-state index is 0.0983. The molecule has 3 aromatic rings. The number of amides is 2. The molecule has 0 bridgehead atoms. The van der Waals surface area contributed by atoms with Crippen molar-refractivity contribution in [2.75, 3.05) is 13.1 Å². The average Bonchev–Trinajstić information content (AvgIpc) is 3.19. The Morgan fingerprint density at radius 1 is 1.19 bits per heavy atom. The third-order valence-corrected chi connectivity index (χ3v) is 6.87. The quantitative estimate of drug-likeness (QED) is 0.650. The maximum absolute atomic E-state index is 13.7. The molecule has 31 heavy (non-hydrogen) atoms. The van der Waals surface area contributed by atoms with E-state index in [0.717, 1.165) is 16.7 Å². The first kappa shape index (κ1) is 21.2. The molecule has 0 radical (unpaired) electrons. The van der Waals surface area contributed by atoms with Crippen LogP contribution < -0.4 is 5.73 Å². The highest BCUT2D eigenvalue weighted by Crippen LogP contribution is 2.35. The van der Waals surface area contributed by atoms with Crippen LogP contribution in [0, 0.1) is 18.2 Å². The molecular formula is C24H24FN3O2S. The SMILES string of the molecule is Cc1ncsc1C(=O)N1CCC[C@](Cc2cccc(-c3cccc(F)c3)c2)(C(N)=O)C1. The molecule has 4 rings (SSSR count). The Kier molecular flexibility index (Phi) is 5.87. The van der Waals surface area contributed by atoms with Gasteiger partial charge >= 0.3 is 0 Å². The maximum atomic E-state index is 13.7. The Morgan fingerprint density at radius 3 is 2.61 bits per heavy atom. The van der Waals surface area contributed by atoms with Crippen LogP contribution in [-0.2, 0) is 11.2 Å². The Morgan fingerprint density at radius 2 is 1.94 bits per heavy atom. The molecule has 0 spiro atoms. The van der Waals surface area contributed by atoms with Crippen molar-refractivity contribution in [1.82, 2.24) is 9.88 Å². The van der Waals surface area contributed by atoms with Gasteiger partial charge in [0, 0.05) is 13.1 Å². The summed E-state index contributed by atoms with van der Waals surface area (Å²) in [5.41, 5.74) is 10.00. The van der Waals surface area contributed by atoms with E-state index in [1.807, 2.05) is 37.3 Å². The number of carbonyl (C=O) groups is 2. The van der Waals surface area contributed by atoms with Gasteiger partial charge in [-0.25, -0.2) is 9.37 Å². The number of aromatic nitrogens is 1. The zero-order valence-corrected chi connectivity index (χ0v) is 18.1. The van der Waals surface area contributed by atoms with Crippen molar-refractivity contribution in [2.24, 2.45) is 11.1 Å². The summed E-state index contributed by atoms with van der Waals surface area (Å²) in [6.07, 6.45) is 1.75. The number of benzene rings is 2. The van der Waals surface area contributed by atoms with Crippen LogP contribution in [0.2, 0.25) is 0 Å². The van der Waals surface area contributed by atoms with E-state index in [-0.39, 0.29) is 18.3 Å². The lowest BCUT2D eigenvalue weighted by molar-refractivity contribution is -0.130. The van der Waals surface area contributed by atoms with E-state index in [0.29, 0.717) is 36.4 Å². The van der Waals surface area contributed by atoms with Crippen LogP contribution >= 0.6 is 11.3 Å². The van der Waals surface area contributed by atoms with Crippen LogP contribution in [0.4, 0.5) is 4.39 Å². The van der Waals surface area contributed by atoms with Crippen LogP contribution in [-0.4, -0.2) is 34.8 Å². The van der Waals surface area contributed by atoms with Crippen molar-refractivity contribution in [1.29, 1.82) is 0 Å². The standard InChI is InChI=1S/C24H24FN3O2S/c1-16-21(31-15-27-16)22(29)28-10-4-9-24(14-28,23(26)30)13-17-5-2-6-18(11-17)19-7-3-8-20(25)12-19/h2-3,5-8,11-12,15H,4,9-10,13-14H2,1H3,(H2,26,30)/t24-/m1/s1. The van der Waals surface area contributed by atoms with E-state index < -0.39 is 11.3 Å². The highest BCUT2D eigenvalue weighted by molar-refractivity contribution is 7.11. The molecule has 2 heterocycles. The number of nitrogens with two attached hydrogens (primary N) is 1. The number of rotatable bonds is 5. The van der Waals surface area contributed by atoms with Gasteiger partial charge < -0.3 is 10.6 Å². The van der Waals surface area contributed by atoms with Gasteiger partial charge in [-0.15, -0.1) is 11.3 Å². The molecule has 7 heteroatoms. The number of hydrogen-bond donors (Lipinski definition) is 1. The summed E-state index contributed by atoms with van der Waals surface area (Å²) in [5.74, 6) is -0.794. The van der Waals surface area contributed by atoms with Gasteiger partial charge in [-0.3, -0.25) is 9.59 Å². The van der Waals surface area contributed by atoms with Gasteiger partial charge in [0.05, 0.1) is 16.6 Å². The van der Waals surface area contributed by atoms with Gasteiger partial charge in [-0.05, 0) is 55.0 Å². The largest absolute Gasteiger partial charge is 0.369 e. The molecule has 1 saturated heterocycles. The average molecular weight is 438 g/mol. The first-order chi connectivity index (χ1) is 14.9. The van der Waals surface area contributed by atoms with Crippen molar-refractivity contribution < 1.29 is 14.0 Å². The lowest BCUT2D eigenvalue weighted by atomic mass is 9.74. The number of piperidine rings is 1. The second-order valence-corrected chi connectivity index (χ2v) is 8.98. The van der Waals surface area contributed by atoms with E-state index in [1.54, 1.807) is 16.5 Å². The summed E-state index contributed by atoms with van der Waals surface area (Å²) in [6.45, 7) is 2.68. The van der Waals surface area contributed by atoms with E-state index in [9.17, 15) is 14.0 Å². The number of carbonyl (C=O) groups excluding carboxylic acids is 2. The molecule has 0 saturated carbocycles. The predicted octanol–water partition coefficient (Wildman–Crippen LogP) is 4.21. The molecule has 1 aliphatic heterocycles. The molecule has 5 nitrogen and oxygen atoms in total. The van der Waals surface area contributed by atoms with Crippen LogP contribution in [0.3, 0.4) is 0 Å². The van der Waals surface area contributed by atoms with Gasteiger partial charge in [0.25, 0.3) is 5.91 Å². The van der Waals surface area contributed by atoms with Crippen molar-refractivity contribution in [3.63, 3.8) is 0 Å². The van der Waals surface area contributed by atoms with Crippen molar-refractivity contribution >= 4 is 23.2 Å². The second-order valence-electron chi connectivity index (χ2n) is 8.13. The fourth-order valence-corrected chi connectivity index (χ4v) is 5.08. The van der Waals surface area contributed by atoms with E-state index in [1.165, 1.54) is 23.5 Å². The minimum Gasteiger partial charge on any atom is -0.369 e. The monoisotopic (exact) mass is 437 g/mol. The van der Waals surface area contributed by atoms with Gasteiger partial charge in [-0.1, -0.05) is 36.4 Å². The Hall–Kier alpha value is -3.06. The Bertz CT molecular complexity index is 1130. The van der Waals surface area contributed by atoms with Gasteiger partial charge in [0.15, 0.2) is 0 Å². The molecule has 1 atom stereocenters. The second kappa shape index (κ2) is 8.59. The normalized spacial score (nSPS) is 18.7. The van der Waals surface area contributed by atoms with Gasteiger partial charge in [0.1, 0.15) is 10.7 Å². The fourth-order valence-electron chi connectivity index (χ4n) is 4.31. The van der Waals surface area contributed by atoms with Gasteiger partial charge in [0.2, 0.25) is 5.91 Å². The summed E-state index contributed by atoms with van der Waals surface area (Å²) < 4.78 is 13.7. The summed E-state index contributed by atoms with van der Waals surface area (Å²) in [7, 11) is 0. The molecule has 2 aromatic carbocycles. The van der Waals surface area contributed by atoms with E-state index in [4.69, 9.17) is 5.73 Å². The lowest BCUT2D eigenvalue weighted by Gasteiger charge is -2.41. The van der Waals surface area contributed by atoms with E-state index in [2.05, 4.69) is 4.98 Å². The summed E-state index contributed by atoms with van der Waals surface area (Å²) >= 11 is 1.32. The number of thiazole rings is 1. The highest BCUT2D eigenvalue weighted by Gasteiger charge is 2.42. The Labute approximate surface area is 184 Å². The molecule has 2 amide bonds. The number of aryl methyl sites for hydroxylation is 1. The number of halogens is 1. The third-order valence-electron chi connectivity index (χ3n) is 5.95. The van der Waals surface area contributed by atoms with Crippen LogP contribution in [0.25, 0.3) is 11.1 Å². The topological polar surface area (TPSA) is 76.3 Å². The lowest BCUT2D eigenvalue weighted by Crippen LogP contribution is -2.53. The van der Waals surface area contributed by atoms with Crippen LogP contribution in [0.5, 0.6) is 0 Å². The number of nitrogens with zero attached hydrogens (tertiary/aromatic N) is 2. The minimum atomic E-state index is -0.840. The summed E-state index contributed by atoms with van der Waals surface area (Å²) in [6, 6.07) is 14.2. The molecule has 2 N–H and O–H groups in total. The zero-order valence-electron chi connectivity index (χ0n) is 17.3. The molecule has 0 aliphatic carbocycles. The molecule has 1 aliphatic rings. The van der Waals surface area contributed by atoms with Crippen molar-refractivity contribution in [3.8, 4) is 11.1 Å². The first-order valence-corrected chi connectivity index (χ1v) is 11.1. The highest BCUT2D eigenvalue weighted by atomic mass is 32.1. The summed E-state index contributed by atoms with van der Waals surface area (Å²) in [5, 5.41) is 0. The molecular weight excluding hydrogens is 413 g/mol. The number of primary amides is 1. The summed E-state index contributed by atoms with van der Waals surface area (Å²) in [4.78, 5) is 32.2. The number of likely N-dealkylation sites (tertiary alicyclic amines) is 1.